The van der Waals surface area contributed by atoms with Crippen LogP contribution in [0.25, 0.3) is 0 Å². The van der Waals surface area contributed by atoms with Gasteiger partial charge in [-0.15, -0.1) is 13.2 Å². The molecule has 0 saturated carbocycles. The van der Waals surface area contributed by atoms with E-state index in [1.165, 1.54) is 12.1 Å². The first-order chi connectivity index (χ1) is 6.47. The van der Waals surface area contributed by atoms with E-state index in [0.29, 0.717) is 0 Å². The number of rotatable bonds is 1. The van der Waals surface area contributed by atoms with E-state index in [2.05, 4.69) is 4.74 Å². The molecule has 1 aromatic carbocycles. The highest BCUT2D eigenvalue weighted by Gasteiger charge is 2.30. The van der Waals surface area contributed by atoms with Crippen molar-refractivity contribution < 1.29 is 17.9 Å². The fourth-order valence-electron chi connectivity index (χ4n) is 0.740. The van der Waals surface area contributed by atoms with Crippen LogP contribution >= 0.6 is 0 Å². The summed E-state index contributed by atoms with van der Waals surface area (Å²) in [5.41, 5.74) is 0.893. The Kier molecular flexibility index (Phi) is 5.05. The highest BCUT2D eigenvalue weighted by Crippen LogP contribution is 2.22. The first-order valence-corrected chi connectivity index (χ1v) is 4.30. The third-order valence-electron chi connectivity index (χ3n) is 1.25. The predicted octanol–water partition coefficient (Wildman–Crippen LogP) is 3.92. The number of hydrogen-bond acceptors (Lipinski definition) is 1. The van der Waals surface area contributed by atoms with Crippen molar-refractivity contribution in [2.24, 2.45) is 0 Å². The summed E-state index contributed by atoms with van der Waals surface area (Å²) >= 11 is 0. The smallest absolute Gasteiger partial charge is 0.406 e. The van der Waals surface area contributed by atoms with Crippen LogP contribution in [0.5, 0.6) is 5.75 Å². The monoisotopic (exact) mass is 206 g/mol. The van der Waals surface area contributed by atoms with Crippen LogP contribution in [-0.2, 0) is 0 Å². The molecule has 0 saturated heterocycles. The molecule has 0 radical (unpaired) electrons. The molecule has 0 aromatic heterocycles. The third-order valence-corrected chi connectivity index (χ3v) is 1.25. The Balaban J connectivity index is 0.000000791. The summed E-state index contributed by atoms with van der Waals surface area (Å²) < 4.78 is 38.5. The molecule has 0 bridgehead atoms. The van der Waals surface area contributed by atoms with Crippen LogP contribution in [0.15, 0.2) is 24.3 Å². The quantitative estimate of drug-likeness (QED) is 0.676. The number of ether oxygens (including phenoxy) is 1. The molecule has 0 aliphatic carbocycles. The van der Waals surface area contributed by atoms with Crippen molar-refractivity contribution in [3.8, 4) is 5.75 Å². The van der Waals surface area contributed by atoms with Gasteiger partial charge < -0.3 is 4.74 Å². The minimum atomic E-state index is -4.60. The summed E-state index contributed by atoms with van der Waals surface area (Å²) in [6, 6.07) is 5.67. The highest BCUT2D eigenvalue weighted by atomic mass is 19.4. The number of aryl methyl sites for hydroxylation is 1. The largest absolute Gasteiger partial charge is 0.573 e. The standard InChI is InChI=1S/C8H7F3O.C2H6/c1-6-2-4-7(5-3-6)12-8(9,10)11;1-2/h2-5H,1H3;1-2H3. The topological polar surface area (TPSA) is 9.23 Å². The molecule has 1 aromatic rings. The fourth-order valence-corrected chi connectivity index (χ4v) is 0.740. The Bertz CT molecular complexity index is 251. The maximum Gasteiger partial charge on any atom is 0.573 e. The van der Waals surface area contributed by atoms with Crippen molar-refractivity contribution in [3.05, 3.63) is 29.8 Å². The zero-order valence-corrected chi connectivity index (χ0v) is 8.35. The van der Waals surface area contributed by atoms with Gasteiger partial charge in [0.1, 0.15) is 5.75 Å². The van der Waals surface area contributed by atoms with Crippen LogP contribution in [0, 0.1) is 6.92 Å². The molecule has 0 aliphatic rings. The lowest BCUT2D eigenvalue weighted by Gasteiger charge is -2.08. The molecular weight excluding hydrogens is 193 g/mol. The first-order valence-electron chi connectivity index (χ1n) is 4.30. The van der Waals surface area contributed by atoms with Crippen molar-refractivity contribution in [2.75, 3.05) is 0 Å². The van der Waals surface area contributed by atoms with Gasteiger partial charge in [-0.2, -0.15) is 0 Å². The number of alkyl halides is 3. The Morgan fingerprint density at radius 1 is 1.00 bits per heavy atom. The van der Waals surface area contributed by atoms with Crippen molar-refractivity contribution in [1.82, 2.24) is 0 Å². The van der Waals surface area contributed by atoms with Crippen LogP contribution in [0.4, 0.5) is 13.2 Å². The van der Waals surface area contributed by atoms with Crippen molar-refractivity contribution in [3.63, 3.8) is 0 Å². The minimum absolute atomic E-state index is 0.187. The van der Waals surface area contributed by atoms with E-state index >= 15 is 0 Å². The van der Waals surface area contributed by atoms with Crippen molar-refractivity contribution >= 4 is 0 Å². The molecule has 0 heterocycles. The summed E-state index contributed by atoms with van der Waals surface area (Å²) in [5.74, 6) is -0.187. The van der Waals surface area contributed by atoms with Crippen LogP contribution in [0.2, 0.25) is 0 Å². The summed E-state index contributed by atoms with van der Waals surface area (Å²) in [6.45, 7) is 5.79. The summed E-state index contributed by atoms with van der Waals surface area (Å²) in [5, 5.41) is 0. The van der Waals surface area contributed by atoms with Gasteiger partial charge in [0.25, 0.3) is 0 Å². The van der Waals surface area contributed by atoms with E-state index in [4.69, 9.17) is 0 Å². The van der Waals surface area contributed by atoms with Gasteiger partial charge in [0, 0.05) is 0 Å². The fraction of sp³-hybridized carbons (Fsp3) is 0.400. The molecule has 1 nitrogen and oxygen atoms in total. The normalized spacial score (nSPS) is 10.1. The van der Waals surface area contributed by atoms with Gasteiger partial charge in [0.15, 0.2) is 0 Å². The number of hydrogen-bond donors (Lipinski definition) is 0. The summed E-state index contributed by atoms with van der Waals surface area (Å²) in [7, 11) is 0. The average molecular weight is 206 g/mol. The van der Waals surface area contributed by atoms with Gasteiger partial charge in [-0.1, -0.05) is 31.5 Å². The molecule has 4 heteroatoms. The third kappa shape index (κ3) is 5.45. The van der Waals surface area contributed by atoms with E-state index in [1.807, 2.05) is 13.8 Å². The van der Waals surface area contributed by atoms with Gasteiger partial charge in [-0.25, -0.2) is 0 Å². The van der Waals surface area contributed by atoms with Crippen LogP contribution in [0.3, 0.4) is 0 Å². The molecule has 0 atom stereocenters. The lowest BCUT2D eigenvalue weighted by molar-refractivity contribution is -0.274. The second-order valence-electron chi connectivity index (χ2n) is 2.36. The Hall–Kier alpha value is -1.19. The van der Waals surface area contributed by atoms with Gasteiger partial charge in [0.2, 0.25) is 0 Å². The van der Waals surface area contributed by atoms with E-state index in [0.717, 1.165) is 5.56 Å². The lowest BCUT2D eigenvalue weighted by atomic mass is 10.2. The summed E-state index contributed by atoms with van der Waals surface area (Å²) in [6.07, 6.45) is -4.60. The van der Waals surface area contributed by atoms with Crippen LogP contribution < -0.4 is 4.74 Å². The van der Waals surface area contributed by atoms with Gasteiger partial charge in [0.05, 0.1) is 0 Å². The van der Waals surface area contributed by atoms with Gasteiger partial charge >= 0.3 is 6.36 Å². The van der Waals surface area contributed by atoms with Gasteiger partial charge in [-0.05, 0) is 19.1 Å². The Morgan fingerprint density at radius 2 is 1.43 bits per heavy atom. The lowest BCUT2D eigenvalue weighted by Crippen LogP contribution is -2.16. The van der Waals surface area contributed by atoms with E-state index in [-0.39, 0.29) is 5.75 Å². The molecule has 0 amide bonds. The zero-order valence-electron chi connectivity index (χ0n) is 8.35. The molecule has 1 rings (SSSR count). The van der Waals surface area contributed by atoms with Crippen LogP contribution in [0.1, 0.15) is 19.4 Å². The molecule has 0 fully saturated rings. The predicted molar refractivity (Wildman–Crippen MR) is 49.2 cm³/mol. The molecular formula is C10H13F3O. The van der Waals surface area contributed by atoms with E-state index in [1.54, 1.807) is 19.1 Å². The van der Waals surface area contributed by atoms with Gasteiger partial charge in [-0.3, -0.25) is 0 Å². The molecule has 14 heavy (non-hydrogen) atoms. The SMILES string of the molecule is CC.Cc1ccc(OC(F)(F)F)cc1. The Morgan fingerprint density at radius 3 is 1.79 bits per heavy atom. The maximum absolute atomic E-state index is 11.6. The van der Waals surface area contributed by atoms with E-state index in [9.17, 15) is 13.2 Å². The second kappa shape index (κ2) is 5.52. The first kappa shape index (κ1) is 12.8. The average Bonchev–Trinajstić information content (AvgIpc) is 2.10. The Labute approximate surface area is 81.5 Å². The number of benzene rings is 1. The molecule has 0 aliphatic heterocycles. The van der Waals surface area contributed by atoms with Crippen LogP contribution in [-0.4, -0.2) is 6.36 Å². The molecule has 0 spiro atoms. The van der Waals surface area contributed by atoms with E-state index < -0.39 is 6.36 Å². The summed E-state index contributed by atoms with van der Waals surface area (Å²) in [4.78, 5) is 0. The molecule has 0 unspecified atom stereocenters. The van der Waals surface area contributed by atoms with Crippen molar-refractivity contribution in [1.29, 1.82) is 0 Å². The molecule has 80 valence electrons. The molecule has 0 N–H and O–H groups in total. The maximum atomic E-state index is 11.6. The zero-order chi connectivity index (χ0) is 11.2. The van der Waals surface area contributed by atoms with Crippen molar-refractivity contribution in [2.45, 2.75) is 27.1 Å². The minimum Gasteiger partial charge on any atom is -0.406 e. The second-order valence-corrected chi connectivity index (χ2v) is 2.36. The number of halogens is 3. The highest BCUT2D eigenvalue weighted by molar-refractivity contribution is 5.26.